The molecule has 0 aromatic heterocycles. The molecule has 0 spiro atoms. The second-order valence-corrected chi connectivity index (χ2v) is 7.67. The predicted octanol–water partition coefficient (Wildman–Crippen LogP) is 3.54. The van der Waals surface area contributed by atoms with Crippen LogP contribution in [0, 0.1) is 17.8 Å². The molecule has 102 valence electrons. The van der Waals surface area contributed by atoms with E-state index in [9.17, 15) is 0 Å². The Morgan fingerprint density at radius 3 is 1.78 bits per heavy atom. The van der Waals surface area contributed by atoms with E-state index >= 15 is 0 Å². The lowest BCUT2D eigenvalue weighted by atomic mass is 9.67. The number of hydrogen-bond acceptors (Lipinski definition) is 2. The van der Waals surface area contributed by atoms with Crippen LogP contribution in [0.5, 0.6) is 0 Å². The molecule has 2 heterocycles. The van der Waals surface area contributed by atoms with Crippen molar-refractivity contribution in [1.82, 2.24) is 0 Å². The normalized spacial score (nSPS) is 59.5. The second-order valence-electron chi connectivity index (χ2n) is 7.67. The van der Waals surface area contributed by atoms with Crippen molar-refractivity contribution >= 4 is 0 Å². The molecule has 2 saturated carbocycles. The number of ether oxygens (including phenoxy) is 2. The van der Waals surface area contributed by atoms with Crippen LogP contribution in [0.4, 0.5) is 0 Å². The third-order valence-corrected chi connectivity index (χ3v) is 6.43. The zero-order valence-electron chi connectivity index (χ0n) is 11.9. The fourth-order valence-corrected chi connectivity index (χ4v) is 5.07. The Hall–Kier alpha value is -0.0800. The van der Waals surface area contributed by atoms with Crippen molar-refractivity contribution in [2.24, 2.45) is 17.8 Å². The van der Waals surface area contributed by atoms with Gasteiger partial charge in [0.05, 0.1) is 23.4 Å². The van der Waals surface area contributed by atoms with E-state index in [0.29, 0.717) is 12.2 Å². The van der Waals surface area contributed by atoms with Crippen molar-refractivity contribution in [3.05, 3.63) is 0 Å². The van der Waals surface area contributed by atoms with Gasteiger partial charge in [0.25, 0.3) is 0 Å². The minimum atomic E-state index is 0.250. The van der Waals surface area contributed by atoms with Gasteiger partial charge in [-0.15, -0.1) is 0 Å². The summed E-state index contributed by atoms with van der Waals surface area (Å²) in [5.41, 5.74) is 0.499. The van der Waals surface area contributed by atoms with Gasteiger partial charge in [-0.25, -0.2) is 0 Å². The summed E-state index contributed by atoms with van der Waals surface area (Å²) in [7, 11) is 0. The van der Waals surface area contributed by atoms with Crippen molar-refractivity contribution < 1.29 is 9.47 Å². The topological polar surface area (TPSA) is 25.1 Å². The molecule has 2 aliphatic carbocycles. The Labute approximate surface area is 110 Å². The predicted molar refractivity (Wildman–Crippen MR) is 70.4 cm³/mol. The number of hydrogen-bond donors (Lipinski definition) is 0. The van der Waals surface area contributed by atoms with Crippen molar-refractivity contribution in [3.63, 3.8) is 0 Å². The molecule has 2 heteroatoms. The maximum atomic E-state index is 6.02. The second kappa shape index (κ2) is 3.52. The average Bonchev–Trinajstić information content (AvgIpc) is 3.19. The summed E-state index contributed by atoms with van der Waals surface area (Å²) in [6, 6.07) is 0. The van der Waals surface area contributed by atoms with Crippen LogP contribution in [0.1, 0.15) is 59.3 Å². The summed E-state index contributed by atoms with van der Waals surface area (Å²) in [6.07, 6.45) is 9.16. The SMILES string of the molecule is CC(C1CCCC2(C)OC12)C1CCCC2(C)OC12. The number of fused-ring (bicyclic) bond motifs is 2. The van der Waals surface area contributed by atoms with E-state index in [-0.39, 0.29) is 11.2 Å². The van der Waals surface area contributed by atoms with Gasteiger partial charge in [-0.3, -0.25) is 0 Å². The lowest BCUT2D eigenvalue weighted by molar-refractivity contribution is 0.148. The highest BCUT2D eigenvalue weighted by molar-refractivity contribution is 5.11. The summed E-state index contributed by atoms with van der Waals surface area (Å²) in [4.78, 5) is 0. The van der Waals surface area contributed by atoms with Crippen LogP contribution < -0.4 is 0 Å². The minimum absolute atomic E-state index is 0.250. The molecule has 18 heavy (non-hydrogen) atoms. The van der Waals surface area contributed by atoms with Crippen LogP contribution in [-0.2, 0) is 9.47 Å². The van der Waals surface area contributed by atoms with E-state index in [2.05, 4.69) is 20.8 Å². The van der Waals surface area contributed by atoms with Gasteiger partial charge < -0.3 is 9.47 Å². The van der Waals surface area contributed by atoms with Gasteiger partial charge in [-0.1, -0.05) is 19.8 Å². The Kier molecular flexibility index (Phi) is 2.29. The van der Waals surface area contributed by atoms with E-state index < -0.39 is 0 Å². The molecule has 6 atom stereocenters. The minimum Gasteiger partial charge on any atom is -0.366 e. The number of rotatable bonds is 2. The van der Waals surface area contributed by atoms with Gasteiger partial charge in [-0.2, -0.15) is 0 Å². The maximum Gasteiger partial charge on any atom is 0.0923 e. The van der Waals surface area contributed by atoms with Crippen molar-refractivity contribution in [2.45, 2.75) is 82.7 Å². The molecule has 0 N–H and O–H groups in total. The lowest BCUT2D eigenvalue weighted by Crippen LogP contribution is -2.36. The average molecular weight is 250 g/mol. The van der Waals surface area contributed by atoms with E-state index in [1.807, 2.05) is 0 Å². The standard InChI is InChI=1S/C16H26O2/c1-10(11-6-4-8-15(2)13(11)17-15)12-7-5-9-16(3)14(12)18-16/h10-14H,4-9H2,1-3H3. The molecule has 2 aliphatic heterocycles. The smallest absolute Gasteiger partial charge is 0.0923 e. The van der Waals surface area contributed by atoms with Gasteiger partial charge in [0.2, 0.25) is 0 Å². The van der Waals surface area contributed by atoms with Crippen molar-refractivity contribution in [2.75, 3.05) is 0 Å². The van der Waals surface area contributed by atoms with Gasteiger partial charge in [0.1, 0.15) is 0 Å². The molecule has 0 aromatic rings. The van der Waals surface area contributed by atoms with Crippen molar-refractivity contribution in [1.29, 1.82) is 0 Å². The van der Waals surface area contributed by atoms with Crippen LogP contribution in [-0.4, -0.2) is 23.4 Å². The maximum absolute atomic E-state index is 6.02. The monoisotopic (exact) mass is 250 g/mol. The van der Waals surface area contributed by atoms with E-state index in [1.165, 1.54) is 38.5 Å². The fourth-order valence-electron chi connectivity index (χ4n) is 5.07. The molecular formula is C16H26O2. The first-order valence-corrected chi connectivity index (χ1v) is 7.89. The molecule has 0 bridgehead atoms. The van der Waals surface area contributed by atoms with Gasteiger partial charge in [0.15, 0.2) is 0 Å². The molecule has 4 rings (SSSR count). The van der Waals surface area contributed by atoms with Crippen LogP contribution in [0.3, 0.4) is 0 Å². The summed E-state index contributed by atoms with van der Waals surface area (Å²) in [5, 5.41) is 0. The Morgan fingerprint density at radius 1 is 0.889 bits per heavy atom. The molecule has 0 radical (unpaired) electrons. The summed E-state index contributed by atoms with van der Waals surface area (Å²) < 4.78 is 12.0. The van der Waals surface area contributed by atoms with Crippen molar-refractivity contribution in [3.8, 4) is 0 Å². The molecular weight excluding hydrogens is 224 g/mol. The van der Waals surface area contributed by atoms with Gasteiger partial charge >= 0.3 is 0 Å². The highest BCUT2D eigenvalue weighted by Crippen LogP contribution is 2.58. The third-order valence-electron chi connectivity index (χ3n) is 6.43. The Bertz CT molecular complexity index is 334. The highest BCUT2D eigenvalue weighted by atomic mass is 16.6. The molecule has 6 unspecified atom stereocenters. The Balaban J connectivity index is 1.48. The molecule has 4 aliphatic rings. The molecule has 4 fully saturated rings. The van der Waals surface area contributed by atoms with E-state index in [4.69, 9.17) is 9.47 Å². The van der Waals surface area contributed by atoms with Crippen LogP contribution >= 0.6 is 0 Å². The Morgan fingerprint density at radius 2 is 1.33 bits per heavy atom. The first kappa shape index (κ1) is 11.7. The van der Waals surface area contributed by atoms with E-state index in [1.54, 1.807) is 0 Å². The summed E-state index contributed by atoms with van der Waals surface area (Å²) in [5.74, 6) is 2.37. The molecule has 0 amide bonds. The highest BCUT2D eigenvalue weighted by Gasteiger charge is 2.63. The molecule has 2 nitrogen and oxygen atoms in total. The first-order valence-electron chi connectivity index (χ1n) is 7.89. The zero-order chi connectivity index (χ0) is 12.5. The van der Waals surface area contributed by atoms with Crippen LogP contribution in [0.2, 0.25) is 0 Å². The quantitative estimate of drug-likeness (QED) is 0.700. The first-order chi connectivity index (χ1) is 8.54. The summed E-state index contributed by atoms with van der Waals surface area (Å²) >= 11 is 0. The molecule has 2 saturated heterocycles. The van der Waals surface area contributed by atoms with Gasteiger partial charge in [-0.05, 0) is 57.3 Å². The lowest BCUT2D eigenvalue weighted by Gasteiger charge is -2.34. The molecule has 0 aromatic carbocycles. The summed E-state index contributed by atoms with van der Waals surface area (Å²) in [6.45, 7) is 7.10. The zero-order valence-corrected chi connectivity index (χ0v) is 11.9. The van der Waals surface area contributed by atoms with Gasteiger partial charge in [0, 0.05) is 0 Å². The van der Waals surface area contributed by atoms with Crippen LogP contribution in [0.15, 0.2) is 0 Å². The largest absolute Gasteiger partial charge is 0.366 e. The van der Waals surface area contributed by atoms with E-state index in [0.717, 1.165) is 17.8 Å². The van der Waals surface area contributed by atoms with Crippen LogP contribution in [0.25, 0.3) is 0 Å². The fraction of sp³-hybridized carbons (Fsp3) is 1.00. The number of epoxide rings is 2. The third kappa shape index (κ3) is 1.54.